The van der Waals surface area contributed by atoms with E-state index in [1.165, 1.54) is 18.3 Å². The fourth-order valence-corrected chi connectivity index (χ4v) is 5.07. The van der Waals surface area contributed by atoms with Crippen molar-refractivity contribution in [2.45, 2.75) is 44.1 Å². The first-order chi connectivity index (χ1) is 16.3. The number of nitrogens with zero attached hydrogens (tertiary/aromatic N) is 3. The molecule has 2 fully saturated rings. The number of hydrogen-bond donors (Lipinski definition) is 4. The second-order valence-electron chi connectivity index (χ2n) is 8.59. The number of anilines is 1. The van der Waals surface area contributed by atoms with Crippen LogP contribution in [-0.4, -0.2) is 47.8 Å². The van der Waals surface area contributed by atoms with Crippen molar-refractivity contribution in [1.29, 1.82) is 0 Å². The van der Waals surface area contributed by atoms with Gasteiger partial charge in [-0.25, -0.2) is 13.8 Å². The molecule has 4 rings (SSSR count). The summed E-state index contributed by atoms with van der Waals surface area (Å²) in [5.41, 5.74) is 18.3. The van der Waals surface area contributed by atoms with E-state index in [9.17, 15) is 9.18 Å². The lowest BCUT2D eigenvalue weighted by Crippen LogP contribution is -2.40. The van der Waals surface area contributed by atoms with Crippen LogP contribution < -0.4 is 22.5 Å². The number of nitrogens with two attached hydrogens (primary N) is 3. The molecule has 182 valence electrons. The number of halogens is 2. The summed E-state index contributed by atoms with van der Waals surface area (Å²) >= 11 is 0.865. The molecule has 1 amide bonds. The minimum atomic E-state index is -0.745. The van der Waals surface area contributed by atoms with Crippen LogP contribution in [0.15, 0.2) is 29.0 Å². The molecule has 8 nitrogen and oxygen atoms in total. The highest BCUT2D eigenvalue weighted by Crippen LogP contribution is 2.44. The molecule has 1 atom stereocenters. The van der Waals surface area contributed by atoms with E-state index in [0.29, 0.717) is 23.6 Å². The Morgan fingerprint density at radius 3 is 2.71 bits per heavy atom. The van der Waals surface area contributed by atoms with Crippen molar-refractivity contribution in [3.05, 3.63) is 46.9 Å². The van der Waals surface area contributed by atoms with Gasteiger partial charge in [-0.1, -0.05) is 17.4 Å². The Kier molecular flexibility index (Phi) is 7.13. The number of nitrogen functional groups attached to an aromatic ring is 1. The van der Waals surface area contributed by atoms with Gasteiger partial charge in [-0.2, -0.15) is 0 Å². The normalized spacial score (nSPS) is 19.8. The van der Waals surface area contributed by atoms with E-state index >= 15 is 4.39 Å². The minimum Gasteiger partial charge on any atom is -0.403 e. The largest absolute Gasteiger partial charge is 0.403 e. The first kappa shape index (κ1) is 24.1. The highest BCUT2D eigenvalue weighted by Gasteiger charge is 2.31. The zero-order valence-electron chi connectivity index (χ0n) is 19.0. The van der Waals surface area contributed by atoms with Gasteiger partial charge in [-0.3, -0.25) is 9.79 Å². The summed E-state index contributed by atoms with van der Waals surface area (Å²) in [5, 5.41) is 2.78. The van der Waals surface area contributed by atoms with Crippen LogP contribution in [0.25, 0.3) is 10.6 Å². The quantitative estimate of drug-likeness (QED) is 0.377. The molecule has 1 aromatic heterocycles. The smallest absolute Gasteiger partial charge is 0.277 e. The van der Waals surface area contributed by atoms with Crippen LogP contribution in [0.5, 0.6) is 0 Å². The summed E-state index contributed by atoms with van der Waals surface area (Å²) in [6.07, 6.45) is 5.60. The lowest BCUT2D eigenvalue weighted by Gasteiger charge is -2.25. The Morgan fingerprint density at radius 2 is 2.03 bits per heavy atom. The molecular formula is C23H29F2N7OS. The highest BCUT2D eigenvalue weighted by atomic mass is 32.1. The fraction of sp³-hybridized carbons (Fsp3) is 0.435. The van der Waals surface area contributed by atoms with Gasteiger partial charge in [0.1, 0.15) is 27.5 Å². The molecule has 2 heterocycles. The van der Waals surface area contributed by atoms with Crippen molar-refractivity contribution >= 4 is 28.1 Å². The van der Waals surface area contributed by atoms with Crippen molar-refractivity contribution in [3.63, 3.8) is 0 Å². The number of amidine groups is 1. The standard InChI is InChI=1S/C23H29F2N7OS/c1-29-21(32-9-2-3-13(27)8-10-32)16(11-26)30-22(33)19-20(28)34-23(31-19)17-15(24)7-6-14(18(17)25)12-4-5-12/h6-7,11-13H,2-5,8-10,26-28H2,1H3,(H,30,33)/b16-11+,29-21?/t13-/m1/s1. The lowest BCUT2D eigenvalue weighted by atomic mass is 10.1. The molecule has 1 saturated carbocycles. The fourth-order valence-electron chi connectivity index (χ4n) is 4.20. The van der Waals surface area contributed by atoms with Gasteiger partial charge in [0.15, 0.2) is 5.69 Å². The van der Waals surface area contributed by atoms with Crippen LogP contribution in [0.1, 0.15) is 54.1 Å². The highest BCUT2D eigenvalue weighted by molar-refractivity contribution is 7.19. The Hall–Kier alpha value is -3.05. The molecule has 2 aliphatic rings. The van der Waals surface area contributed by atoms with Crippen molar-refractivity contribution in [2.24, 2.45) is 16.5 Å². The lowest BCUT2D eigenvalue weighted by molar-refractivity contribution is 0.0964. The van der Waals surface area contributed by atoms with Gasteiger partial charge in [0.25, 0.3) is 5.91 Å². The number of aromatic nitrogens is 1. The van der Waals surface area contributed by atoms with E-state index in [1.807, 2.05) is 4.90 Å². The van der Waals surface area contributed by atoms with Gasteiger partial charge in [-0.15, -0.1) is 0 Å². The Balaban J connectivity index is 1.57. The second kappa shape index (κ2) is 10.1. The zero-order valence-corrected chi connectivity index (χ0v) is 19.8. The number of aliphatic imine (C=N–C) groups is 1. The average molecular weight is 490 g/mol. The van der Waals surface area contributed by atoms with Gasteiger partial charge in [0.2, 0.25) is 0 Å². The van der Waals surface area contributed by atoms with Gasteiger partial charge >= 0.3 is 0 Å². The van der Waals surface area contributed by atoms with Crippen LogP contribution in [0.3, 0.4) is 0 Å². The Bertz CT molecular complexity index is 1140. The van der Waals surface area contributed by atoms with Crippen molar-refractivity contribution in [1.82, 2.24) is 15.2 Å². The number of benzene rings is 1. The SMILES string of the molecule is CN=C(/C(=C\N)NC(=O)c1nc(-c2c(F)ccc(C3CC3)c2F)sc1N)N1CCC[C@@H](N)CC1. The van der Waals surface area contributed by atoms with Crippen LogP contribution in [-0.2, 0) is 0 Å². The predicted octanol–water partition coefficient (Wildman–Crippen LogP) is 2.92. The summed E-state index contributed by atoms with van der Waals surface area (Å²) in [7, 11) is 1.61. The van der Waals surface area contributed by atoms with Crippen molar-refractivity contribution < 1.29 is 13.6 Å². The number of carbonyl (C=O) groups is 1. The van der Waals surface area contributed by atoms with E-state index in [2.05, 4.69) is 15.3 Å². The average Bonchev–Trinajstić information content (AvgIpc) is 3.60. The number of rotatable bonds is 5. The van der Waals surface area contributed by atoms with E-state index in [1.54, 1.807) is 7.05 Å². The first-order valence-electron chi connectivity index (χ1n) is 11.3. The minimum absolute atomic E-state index is 0.0179. The number of thiazole rings is 1. The zero-order chi connectivity index (χ0) is 24.4. The molecule has 34 heavy (non-hydrogen) atoms. The molecule has 2 aromatic rings. The topological polar surface area (TPSA) is 136 Å². The van der Waals surface area contributed by atoms with Gasteiger partial charge in [0, 0.05) is 32.4 Å². The van der Waals surface area contributed by atoms with E-state index in [4.69, 9.17) is 17.2 Å². The predicted molar refractivity (Wildman–Crippen MR) is 130 cm³/mol. The summed E-state index contributed by atoms with van der Waals surface area (Å²) in [6.45, 7) is 1.41. The number of likely N-dealkylation sites (tertiary alicyclic amines) is 1. The van der Waals surface area contributed by atoms with Gasteiger partial charge in [0.05, 0.1) is 11.3 Å². The number of carbonyl (C=O) groups excluding carboxylic acids is 1. The second-order valence-corrected chi connectivity index (χ2v) is 9.62. The molecule has 0 spiro atoms. The maximum absolute atomic E-state index is 15.1. The Labute approximate surface area is 200 Å². The number of amides is 1. The monoisotopic (exact) mass is 489 g/mol. The summed E-state index contributed by atoms with van der Waals surface area (Å²) in [5.74, 6) is -1.41. The molecule has 1 aromatic carbocycles. The maximum Gasteiger partial charge on any atom is 0.277 e. The third-order valence-electron chi connectivity index (χ3n) is 6.16. The van der Waals surface area contributed by atoms with E-state index in [0.717, 1.165) is 50.0 Å². The van der Waals surface area contributed by atoms with E-state index < -0.39 is 17.5 Å². The van der Waals surface area contributed by atoms with Crippen LogP contribution in [0, 0.1) is 11.6 Å². The first-order valence-corrected chi connectivity index (χ1v) is 12.1. The van der Waals surface area contributed by atoms with Crippen LogP contribution in [0.2, 0.25) is 0 Å². The molecule has 0 unspecified atom stereocenters. The van der Waals surface area contributed by atoms with Gasteiger partial charge < -0.3 is 27.4 Å². The summed E-state index contributed by atoms with van der Waals surface area (Å²) < 4.78 is 29.6. The molecule has 0 radical (unpaired) electrons. The number of nitrogens with one attached hydrogen (secondary N) is 1. The summed E-state index contributed by atoms with van der Waals surface area (Å²) in [4.78, 5) is 23.6. The van der Waals surface area contributed by atoms with Crippen molar-refractivity contribution in [2.75, 3.05) is 25.9 Å². The summed E-state index contributed by atoms with van der Waals surface area (Å²) in [6, 6.07) is 2.82. The molecular weight excluding hydrogens is 460 g/mol. The van der Waals surface area contributed by atoms with E-state index in [-0.39, 0.29) is 33.2 Å². The molecule has 1 aliphatic carbocycles. The molecule has 1 aliphatic heterocycles. The molecule has 1 saturated heterocycles. The molecule has 0 bridgehead atoms. The third kappa shape index (κ3) is 4.90. The molecule has 7 N–H and O–H groups in total. The van der Waals surface area contributed by atoms with Gasteiger partial charge in [-0.05, 0) is 49.7 Å². The number of hydrogen-bond acceptors (Lipinski definition) is 7. The van der Waals surface area contributed by atoms with Crippen LogP contribution in [0.4, 0.5) is 13.8 Å². The Morgan fingerprint density at radius 1 is 1.26 bits per heavy atom. The van der Waals surface area contributed by atoms with Crippen LogP contribution >= 0.6 is 11.3 Å². The third-order valence-corrected chi connectivity index (χ3v) is 7.06. The molecule has 11 heteroatoms. The maximum atomic E-state index is 15.1. The van der Waals surface area contributed by atoms with Crippen molar-refractivity contribution in [3.8, 4) is 10.6 Å².